The summed E-state index contributed by atoms with van der Waals surface area (Å²) in [6.07, 6.45) is 2.87. The van der Waals surface area contributed by atoms with Crippen LogP contribution >= 0.6 is 0 Å². The molecule has 1 atom stereocenters. The Morgan fingerprint density at radius 3 is 2.61 bits per heavy atom. The molecule has 0 saturated carbocycles. The third-order valence-corrected chi connectivity index (χ3v) is 6.02. The molecule has 0 radical (unpaired) electrons. The van der Waals surface area contributed by atoms with E-state index in [1.807, 2.05) is 21.8 Å². The molecule has 2 fully saturated rings. The lowest BCUT2D eigenvalue weighted by Crippen LogP contribution is -2.49. The van der Waals surface area contributed by atoms with Crippen molar-refractivity contribution < 1.29 is 4.79 Å². The molecule has 2 aromatic rings. The number of hydrogen-bond acceptors (Lipinski definition) is 5. The number of likely N-dealkylation sites (tertiary alicyclic amines) is 1. The molecule has 0 aromatic carbocycles. The van der Waals surface area contributed by atoms with Crippen LogP contribution in [0.25, 0.3) is 11.0 Å². The Kier molecular flexibility index (Phi) is 5.38. The highest BCUT2D eigenvalue weighted by molar-refractivity contribution is 6.05. The normalized spacial score (nSPS) is 21.4. The molecule has 1 amide bonds. The van der Waals surface area contributed by atoms with Gasteiger partial charge < -0.3 is 10.2 Å². The molecule has 152 valence electrons. The minimum atomic E-state index is 0.121. The number of amides is 1. The van der Waals surface area contributed by atoms with Crippen molar-refractivity contribution in [1.82, 2.24) is 29.9 Å². The summed E-state index contributed by atoms with van der Waals surface area (Å²) in [6.45, 7) is 14.3. The van der Waals surface area contributed by atoms with E-state index in [2.05, 4.69) is 43.0 Å². The van der Waals surface area contributed by atoms with Gasteiger partial charge in [-0.15, -0.1) is 0 Å². The number of fused-ring (bicyclic) bond motifs is 1. The minimum Gasteiger partial charge on any atom is -0.337 e. The quantitative estimate of drug-likeness (QED) is 0.876. The number of pyridine rings is 1. The van der Waals surface area contributed by atoms with E-state index in [4.69, 9.17) is 4.98 Å². The first-order valence-corrected chi connectivity index (χ1v) is 10.6. The highest BCUT2D eigenvalue weighted by Crippen LogP contribution is 2.27. The predicted molar refractivity (Wildman–Crippen MR) is 111 cm³/mol. The van der Waals surface area contributed by atoms with Gasteiger partial charge >= 0.3 is 0 Å². The van der Waals surface area contributed by atoms with Crippen molar-refractivity contribution in [3.05, 3.63) is 23.5 Å². The van der Waals surface area contributed by atoms with Crippen LogP contribution in [-0.2, 0) is 0 Å². The van der Waals surface area contributed by atoms with Gasteiger partial charge in [-0.25, -0.2) is 9.67 Å². The summed E-state index contributed by atoms with van der Waals surface area (Å²) in [6, 6.07) is 2.67. The van der Waals surface area contributed by atoms with E-state index >= 15 is 0 Å². The average Bonchev–Trinajstić information content (AvgIpc) is 3.34. The van der Waals surface area contributed by atoms with Gasteiger partial charge in [0.2, 0.25) is 0 Å². The monoisotopic (exact) mass is 384 g/mol. The molecule has 1 unspecified atom stereocenters. The van der Waals surface area contributed by atoms with E-state index in [-0.39, 0.29) is 17.9 Å². The fraction of sp³-hybridized carbons (Fsp3) is 0.667. The lowest BCUT2D eigenvalue weighted by atomic mass is 10.0. The first-order chi connectivity index (χ1) is 13.5. The van der Waals surface area contributed by atoms with Crippen molar-refractivity contribution in [2.24, 2.45) is 0 Å². The zero-order chi connectivity index (χ0) is 19.8. The Bertz CT molecular complexity index is 852. The number of rotatable bonds is 4. The van der Waals surface area contributed by atoms with Gasteiger partial charge in [0.25, 0.3) is 5.91 Å². The van der Waals surface area contributed by atoms with Crippen LogP contribution in [0.1, 0.15) is 62.1 Å². The van der Waals surface area contributed by atoms with Gasteiger partial charge in [-0.2, -0.15) is 5.10 Å². The number of carbonyl (C=O) groups excluding carboxylic acids is 1. The van der Waals surface area contributed by atoms with Crippen molar-refractivity contribution in [1.29, 1.82) is 0 Å². The zero-order valence-electron chi connectivity index (χ0n) is 17.5. The van der Waals surface area contributed by atoms with E-state index in [9.17, 15) is 4.79 Å². The molecule has 7 heteroatoms. The van der Waals surface area contributed by atoms with Gasteiger partial charge in [-0.3, -0.25) is 9.69 Å². The van der Waals surface area contributed by atoms with Crippen molar-refractivity contribution in [3.63, 3.8) is 0 Å². The number of aromatic nitrogens is 3. The van der Waals surface area contributed by atoms with E-state index < -0.39 is 0 Å². The van der Waals surface area contributed by atoms with Crippen LogP contribution < -0.4 is 5.32 Å². The Balaban J connectivity index is 1.63. The molecule has 0 aliphatic carbocycles. The van der Waals surface area contributed by atoms with Gasteiger partial charge in [0.1, 0.15) is 0 Å². The smallest absolute Gasteiger partial charge is 0.254 e. The van der Waals surface area contributed by atoms with Crippen LogP contribution in [0.2, 0.25) is 0 Å². The molecule has 0 spiro atoms. The van der Waals surface area contributed by atoms with Crippen molar-refractivity contribution in [2.75, 3.05) is 39.3 Å². The number of piperazine rings is 1. The summed E-state index contributed by atoms with van der Waals surface area (Å²) < 4.78 is 1.92. The number of carbonyl (C=O) groups is 1. The molecular weight excluding hydrogens is 352 g/mol. The van der Waals surface area contributed by atoms with Crippen molar-refractivity contribution in [3.8, 4) is 0 Å². The second kappa shape index (κ2) is 7.79. The van der Waals surface area contributed by atoms with Crippen molar-refractivity contribution >= 4 is 16.9 Å². The summed E-state index contributed by atoms with van der Waals surface area (Å²) in [5.74, 6) is 0.383. The molecule has 28 heavy (non-hydrogen) atoms. The van der Waals surface area contributed by atoms with Gasteiger partial charge in [-0.1, -0.05) is 13.8 Å². The zero-order valence-corrected chi connectivity index (χ0v) is 17.5. The number of nitrogens with one attached hydrogen (secondary N) is 1. The molecule has 4 rings (SSSR count). The van der Waals surface area contributed by atoms with E-state index in [0.717, 1.165) is 68.0 Å². The summed E-state index contributed by atoms with van der Waals surface area (Å²) in [7, 11) is 0. The molecule has 0 bridgehead atoms. The Morgan fingerprint density at radius 2 is 1.93 bits per heavy atom. The minimum absolute atomic E-state index is 0.121. The highest BCUT2D eigenvalue weighted by atomic mass is 16.2. The Morgan fingerprint density at radius 1 is 1.18 bits per heavy atom. The predicted octanol–water partition coefficient (Wildman–Crippen LogP) is 2.26. The highest BCUT2D eigenvalue weighted by Gasteiger charge is 2.32. The van der Waals surface area contributed by atoms with Crippen LogP contribution in [-0.4, -0.2) is 75.8 Å². The SMILES string of the molecule is CC(C)c1cc(C(=O)N2CCC(N3CCNCC3)C2)c2cnn(C(C)C)c2n1. The number of nitrogens with zero attached hydrogens (tertiary/aromatic N) is 5. The molecule has 2 aliphatic rings. The van der Waals surface area contributed by atoms with Crippen LogP contribution in [0.3, 0.4) is 0 Å². The van der Waals surface area contributed by atoms with Crippen LogP contribution in [0.4, 0.5) is 0 Å². The van der Waals surface area contributed by atoms with Crippen LogP contribution in [0.5, 0.6) is 0 Å². The van der Waals surface area contributed by atoms with Gasteiger partial charge in [0.05, 0.1) is 17.1 Å². The fourth-order valence-electron chi connectivity index (χ4n) is 4.33. The first-order valence-electron chi connectivity index (χ1n) is 10.6. The third-order valence-electron chi connectivity index (χ3n) is 6.02. The fourth-order valence-corrected chi connectivity index (χ4v) is 4.33. The molecular formula is C21H32N6O. The maximum absolute atomic E-state index is 13.5. The molecule has 1 N–H and O–H groups in total. The van der Waals surface area contributed by atoms with Crippen LogP contribution in [0.15, 0.2) is 12.3 Å². The van der Waals surface area contributed by atoms with Crippen molar-refractivity contribution in [2.45, 2.75) is 52.1 Å². The summed E-state index contributed by atoms with van der Waals surface area (Å²) >= 11 is 0. The topological polar surface area (TPSA) is 66.3 Å². The Labute approximate surface area is 167 Å². The van der Waals surface area contributed by atoms with E-state index in [0.29, 0.717) is 6.04 Å². The molecule has 4 heterocycles. The molecule has 2 aliphatic heterocycles. The van der Waals surface area contributed by atoms with Gasteiger partial charge in [0, 0.05) is 57.0 Å². The maximum atomic E-state index is 13.5. The van der Waals surface area contributed by atoms with Gasteiger partial charge in [0.15, 0.2) is 5.65 Å². The molecule has 2 aromatic heterocycles. The average molecular weight is 385 g/mol. The summed E-state index contributed by atoms with van der Waals surface area (Å²) in [5.41, 5.74) is 2.53. The standard InChI is InChI=1S/C21H32N6O/c1-14(2)19-11-17(18-12-23-27(15(3)4)20(18)24-19)21(28)26-8-5-16(13-26)25-9-6-22-7-10-25/h11-12,14-16,22H,5-10,13H2,1-4H3. The Hall–Kier alpha value is -1.99. The third kappa shape index (κ3) is 3.53. The number of hydrogen-bond donors (Lipinski definition) is 1. The van der Waals surface area contributed by atoms with Crippen LogP contribution in [0, 0.1) is 0 Å². The molecule has 7 nitrogen and oxygen atoms in total. The summed E-state index contributed by atoms with van der Waals surface area (Å²) in [5, 5.41) is 8.80. The second-order valence-electron chi connectivity index (χ2n) is 8.65. The van der Waals surface area contributed by atoms with E-state index in [1.165, 1.54) is 0 Å². The maximum Gasteiger partial charge on any atom is 0.254 e. The summed E-state index contributed by atoms with van der Waals surface area (Å²) in [4.78, 5) is 22.9. The first kappa shape index (κ1) is 19.3. The lowest BCUT2D eigenvalue weighted by Gasteiger charge is -2.32. The molecule has 2 saturated heterocycles. The van der Waals surface area contributed by atoms with Gasteiger partial charge in [-0.05, 0) is 32.3 Å². The largest absolute Gasteiger partial charge is 0.337 e. The second-order valence-corrected chi connectivity index (χ2v) is 8.65. The lowest BCUT2D eigenvalue weighted by molar-refractivity contribution is 0.0775. The van der Waals surface area contributed by atoms with E-state index in [1.54, 1.807) is 0 Å².